The van der Waals surface area contributed by atoms with E-state index in [1.165, 1.54) is 12.1 Å². The summed E-state index contributed by atoms with van der Waals surface area (Å²) in [5.41, 5.74) is 9.47. The zero-order chi connectivity index (χ0) is 13.5. The summed E-state index contributed by atoms with van der Waals surface area (Å²) in [4.78, 5) is 14.8. The molecule has 7 heteroatoms. The Kier molecular flexibility index (Phi) is 5.10. The predicted molar refractivity (Wildman–Crippen MR) is 68.3 cm³/mol. The topological polar surface area (TPSA) is 95.1 Å². The van der Waals surface area contributed by atoms with Crippen molar-refractivity contribution in [1.82, 2.24) is 4.90 Å². The molecule has 0 unspecified atom stereocenters. The van der Waals surface area contributed by atoms with Crippen LogP contribution in [0.15, 0.2) is 29.4 Å². The minimum Gasteiger partial charge on any atom is -0.309 e. The van der Waals surface area contributed by atoms with Crippen LogP contribution in [0.4, 0.5) is 5.69 Å². The number of azide groups is 1. The second-order valence-electron chi connectivity index (χ2n) is 4.25. The van der Waals surface area contributed by atoms with E-state index in [1.54, 1.807) is 12.1 Å². The van der Waals surface area contributed by atoms with Gasteiger partial charge in [0.25, 0.3) is 5.69 Å². The van der Waals surface area contributed by atoms with E-state index in [0.717, 1.165) is 5.56 Å². The molecule has 0 aliphatic rings. The highest BCUT2D eigenvalue weighted by molar-refractivity contribution is 5.33. The van der Waals surface area contributed by atoms with Crippen LogP contribution in [-0.4, -0.2) is 36.5 Å². The van der Waals surface area contributed by atoms with Crippen molar-refractivity contribution in [3.05, 3.63) is 50.4 Å². The van der Waals surface area contributed by atoms with Gasteiger partial charge in [0.1, 0.15) is 0 Å². The summed E-state index contributed by atoms with van der Waals surface area (Å²) in [7, 11) is 3.80. The number of rotatable bonds is 6. The van der Waals surface area contributed by atoms with Crippen LogP contribution in [0, 0.1) is 10.1 Å². The number of hydrogen-bond donors (Lipinski definition) is 0. The first kappa shape index (κ1) is 14.0. The molecule has 0 spiro atoms. The molecule has 0 aromatic heterocycles. The average Bonchev–Trinajstić information content (AvgIpc) is 2.29. The van der Waals surface area contributed by atoms with Crippen LogP contribution in [0.1, 0.15) is 5.56 Å². The van der Waals surface area contributed by atoms with Crippen molar-refractivity contribution in [3.8, 4) is 0 Å². The number of hydrogen-bond acceptors (Lipinski definition) is 4. The van der Waals surface area contributed by atoms with Gasteiger partial charge < -0.3 is 4.90 Å². The number of benzene rings is 1. The summed E-state index contributed by atoms with van der Waals surface area (Å²) >= 11 is 0. The lowest BCUT2D eigenvalue weighted by atomic mass is 10.1. The molecule has 7 nitrogen and oxygen atoms in total. The second-order valence-corrected chi connectivity index (χ2v) is 4.25. The van der Waals surface area contributed by atoms with E-state index in [1.807, 2.05) is 19.0 Å². The lowest BCUT2D eigenvalue weighted by Gasteiger charge is -2.16. The van der Waals surface area contributed by atoms with Gasteiger partial charge in [-0.15, -0.1) is 0 Å². The van der Waals surface area contributed by atoms with Gasteiger partial charge in [-0.2, -0.15) is 0 Å². The zero-order valence-electron chi connectivity index (χ0n) is 10.4. The zero-order valence-corrected chi connectivity index (χ0v) is 10.4. The molecule has 0 aliphatic heterocycles. The standard InChI is InChI=1S/C11H15N5O2/c1-15(2)8-10(13-14-12)7-9-3-5-11(6-4-9)16(17)18/h3-6,10H,7-8H2,1-2H3/t10-/m0/s1. The van der Waals surface area contributed by atoms with Gasteiger partial charge in [0.15, 0.2) is 0 Å². The third-order valence-electron chi connectivity index (χ3n) is 2.41. The number of nitrogens with zero attached hydrogens (tertiary/aromatic N) is 5. The largest absolute Gasteiger partial charge is 0.309 e. The quantitative estimate of drug-likeness (QED) is 0.254. The van der Waals surface area contributed by atoms with E-state index < -0.39 is 4.92 Å². The lowest BCUT2D eigenvalue weighted by Crippen LogP contribution is -2.25. The van der Waals surface area contributed by atoms with Crippen molar-refractivity contribution >= 4 is 5.69 Å². The summed E-state index contributed by atoms with van der Waals surface area (Å²) < 4.78 is 0. The van der Waals surface area contributed by atoms with Gasteiger partial charge in [0, 0.05) is 23.6 Å². The summed E-state index contributed by atoms with van der Waals surface area (Å²) in [5.74, 6) is 0. The van der Waals surface area contributed by atoms with E-state index in [0.29, 0.717) is 13.0 Å². The molecule has 0 N–H and O–H groups in total. The van der Waals surface area contributed by atoms with Crippen LogP contribution < -0.4 is 0 Å². The molecule has 18 heavy (non-hydrogen) atoms. The van der Waals surface area contributed by atoms with E-state index >= 15 is 0 Å². The maximum Gasteiger partial charge on any atom is 0.269 e. The fourth-order valence-corrected chi connectivity index (χ4v) is 1.66. The monoisotopic (exact) mass is 249 g/mol. The fraction of sp³-hybridized carbons (Fsp3) is 0.455. The Bertz CT molecular complexity index is 451. The van der Waals surface area contributed by atoms with Gasteiger partial charge in [0.2, 0.25) is 0 Å². The fourth-order valence-electron chi connectivity index (χ4n) is 1.66. The van der Waals surface area contributed by atoms with Crippen LogP contribution in [-0.2, 0) is 6.42 Å². The molecular weight excluding hydrogens is 234 g/mol. The maximum atomic E-state index is 10.5. The highest BCUT2D eigenvalue weighted by Gasteiger charge is 2.10. The number of non-ortho nitro benzene ring substituents is 1. The van der Waals surface area contributed by atoms with Crippen LogP contribution in [0.2, 0.25) is 0 Å². The molecule has 96 valence electrons. The highest BCUT2D eigenvalue weighted by atomic mass is 16.6. The number of nitro groups is 1. The Morgan fingerprint density at radius 1 is 1.44 bits per heavy atom. The van der Waals surface area contributed by atoms with Crippen molar-refractivity contribution in [1.29, 1.82) is 0 Å². The van der Waals surface area contributed by atoms with Gasteiger partial charge in [-0.25, -0.2) is 0 Å². The molecule has 1 aromatic rings. The Hall–Kier alpha value is -2.11. The Morgan fingerprint density at radius 3 is 2.50 bits per heavy atom. The normalized spacial score (nSPS) is 11.9. The molecule has 1 rings (SSSR count). The first-order valence-electron chi connectivity index (χ1n) is 5.45. The minimum absolute atomic E-state index is 0.0618. The Balaban J connectivity index is 2.74. The second kappa shape index (κ2) is 6.58. The maximum absolute atomic E-state index is 10.5. The molecule has 1 atom stereocenters. The van der Waals surface area contributed by atoms with Crippen LogP contribution in [0.3, 0.4) is 0 Å². The molecule has 0 aliphatic carbocycles. The summed E-state index contributed by atoms with van der Waals surface area (Å²) in [6.45, 7) is 0.640. The van der Waals surface area contributed by atoms with Crippen molar-refractivity contribution in [3.63, 3.8) is 0 Å². The molecule has 0 radical (unpaired) electrons. The van der Waals surface area contributed by atoms with Gasteiger partial charge in [0.05, 0.1) is 11.0 Å². The van der Waals surface area contributed by atoms with Crippen LogP contribution >= 0.6 is 0 Å². The SMILES string of the molecule is CN(C)C[C@H](Cc1ccc([N+](=O)[O-])cc1)N=[N+]=[N-]. The van der Waals surface area contributed by atoms with E-state index in [-0.39, 0.29) is 11.7 Å². The smallest absolute Gasteiger partial charge is 0.269 e. The highest BCUT2D eigenvalue weighted by Crippen LogP contribution is 2.14. The Labute approximate surface area is 105 Å². The minimum atomic E-state index is -0.436. The van der Waals surface area contributed by atoms with Crippen molar-refractivity contribution < 1.29 is 4.92 Å². The number of likely N-dealkylation sites (N-methyl/N-ethyl adjacent to an activating group) is 1. The average molecular weight is 249 g/mol. The first-order chi connectivity index (χ1) is 8.52. The van der Waals surface area contributed by atoms with Crippen molar-refractivity contribution in [2.24, 2.45) is 5.11 Å². The van der Waals surface area contributed by atoms with E-state index in [4.69, 9.17) is 5.53 Å². The van der Waals surface area contributed by atoms with E-state index in [9.17, 15) is 10.1 Å². The summed E-state index contributed by atoms with van der Waals surface area (Å²) in [6, 6.07) is 6.11. The molecule has 0 amide bonds. The predicted octanol–water partition coefficient (Wildman–Crippen LogP) is 2.38. The molecular formula is C11H15N5O2. The lowest BCUT2D eigenvalue weighted by molar-refractivity contribution is -0.384. The third-order valence-corrected chi connectivity index (χ3v) is 2.41. The van der Waals surface area contributed by atoms with Crippen molar-refractivity contribution in [2.45, 2.75) is 12.5 Å². The first-order valence-corrected chi connectivity index (χ1v) is 5.45. The van der Waals surface area contributed by atoms with Gasteiger partial charge >= 0.3 is 0 Å². The van der Waals surface area contributed by atoms with Crippen LogP contribution in [0.25, 0.3) is 10.4 Å². The van der Waals surface area contributed by atoms with Crippen LogP contribution in [0.5, 0.6) is 0 Å². The molecule has 0 saturated heterocycles. The molecule has 0 fully saturated rings. The summed E-state index contributed by atoms with van der Waals surface area (Å²) in [5, 5.41) is 14.2. The van der Waals surface area contributed by atoms with Crippen molar-refractivity contribution in [2.75, 3.05) is 20.6 Å². The van der Waals surface area contributed by atoms with Gasteiger partial charge in [-0.1, -0.05) is 17.2 Å². The molecule has 0 saturated carbocycles. The number of nitro benzene ring substituents is 1. The van der Waals surface area contributed by atoms with E-state index in [2.05, 4.69) is 10.0 Å². The third kappa shape index (κ3) is 4.40. The molecule has 1 aromatic carbocycles. The Morgan fingerprint density at radius 2 is 2.06 bits per heavy atom. The molecule has 0 heterocycles. The summed E-state index contributed by atoms with van der Waals surface area (Å²) in [6.07, 6.45) is 0.570. The van der Waals surface area contributed by atoms with Gasteiger partial charge in [-0.05, 0) is 31.6 Å². The molecule has 0 bridgehead atoms. The van der Waals surface area contributed by atoms with Gasteiger partial charge in [-0.3, -0.25) is 10.1 Å².